The second-order valence-corrected chi connectivity index (χ2v) is 5.72. The third kappa shape index (κ3) is 5.12. The average molecular weight is 327 g/mol. The lowest BCUT2D eigenvalue weighted by atomic mass is 9.97. The zero-order chi connectivity index (χ0) is 17.5. The number of nitrogens with one attached hydrogen (secondary N) is 1. The summed E-state index contributed by atoms with van der Waals surface area (Å²) in [5.41, 5.74) is 3.59. The fourth-order valence-corrected chi connectivity index (χ4v) is 2.46. The number of alkyl carbamates (subject to hydrolysis) is 1. The number of aryl methyl sites for hydroxylation is 2. The summed E-state index contributed by atoms with van der Waals surface area (Å²) in [5, 5.41) is 11.8. The summed E-state index contributed by atoms with van der Waals surface area (Å²) in [4.78, 5) is 23.2. The number of aliphatic carboxylic acids is 1. The van der Waals surface area contributed by atoms with E-state index < -0.39 is 18.1 Å². The van der Waals surface area contributed by atoms with Gasteiger partial charge < -0.3 is 15.2 Å². The number of carboxylic acid groups (broad SMARTS) is 1. The molecule has 0 aromatic heterocycles. The van der Waals surface area contributed by atoms with Gasteiger partial charge >= 0.3 is 12.1 Å². The maximum absolute atomic E-state index is 12.1. The van der Waals surface area contributed by atoms with Crippen LogP contribution >= 0.6 is 0 Å². The van der Waals surface area contributed by atoms with E-state index in [1.807, 2.05) is 62.4 Å². The van der Waals surface area contributed by atoms with Gasteiger partial charge in [-0.2, -0.15) is 0 Å². The molecule has 0 radical (unpaired) electrons. The molecule has 5 heteroatoms. The largest absolute Gasteiger partial charge is 0.481 e. The molecule has 1 atom stereocenters. The van der Waals surface area contributed by atoms with Crippen molar-refractivity contribution in [1.29, 1.82) is 0 Å². The van der Waals surface area contributed by atoms with Crippen LogP contribution in [0.15, 0.2) is 48.5 Å². The zero-order valence-corrected chi connectivity index (χ0v) is 13.8. The third-order valence-electron chi connectivity index (χ3n) is 3.69. The Morgan fingerprint density at radius 2 is 1.83 bits per heavy atom. The van der Waals surface area contributed by atoms with Crippen molar-refractivity contribution < 1.29 is 19.4 Å². The first-order valence-electron chi connectivity index (χ1n) is 7.72. The molecule has 1 amide bonds. The van der Waals surface area contributed by atoms with Crippen LogP contribution in [0.3, 0.4) is 0 Å². The molecule has 2 aromatic carbocycles. The maximum Gasteiger partial charge on any atom is 0.407 e. The van der Waals surface area contributed by atoms with Crippen LogP contribution in [0.4, 0.5) is 4.79 Å². The summed E-state index contributed by atoms with van der Waals surface area (Å²) in [5.74, 6) is -0.982. The molecule has 0 unspecified atom stereocenters. The van der Waals surface area contributed by atoms with Crippen LogP contribution in [0.5, 0.6) is 0 Å². The highest BCUT2D eigenvalue weighted by molar-refractivity contribution is 5.72. The minimum absolute atomic E-state index is 0.138. The van der Waals surface area contributed by atoms with Crippen molar-refractivity contribution >= 4 is 12.1 Å². The van der Waals surface area contributed by atoms with Gasteiger partial charge in [0.1, 0.15) is 6.61 Å². The lowest BCUT2D eigenvalue weighted by molar-refractivity contribution is -0.137. The number of ether oxygens (including phenoxy) is 1. The van der Waals surface area contributed by atoms with E-state index >= 15 is 0 Å². The van der Waals surface area contributed by atoms with E-state index in [0.717, 1.165) is 22.3 Å². The fourth-order valence-electron chi connectivity index (χ4n) is 2.46. The smallest absolute Gasteiger partial charge is 0.407 e. The Morgan fingerprint density at radius 1 is 1.12 bits per heavy atom. The molecule has 0 aliphatic rings. The van der Waals surface area contributed by atoms with E-state index in [1.165, 1.54) is 0 Å². The zero-order valence-electron chi connectivity index (χ0n) is 13.8. The molecule has 2 N–H and O–H groups in total. The minimum Gasteiger partial charge on any atom is -0.481 e. The summed E-state index contributed by atoms with van der Waals surface area (Å²) in [7, 11) is 0. The quantitative estimate of drug-likeness (QED) is 0.847. The Labute approximate surface area is 141 Å². The van der Waals surface area contributed by atoms with Crippen LogP contribution in [0.2, 0.25) is 0 Å². The Morgan fingerprint density at radius 3 is 2.50 bits per heavy atom. The summed E-state index contributed by atoms with van der Waals surface area (Å²) in [6, 6.07) is 14.4. The predicted molar refractivity (Wildman–Crippen MR) is 90.7 cm³/mol. The molecule has 0 fully saturated rings. The number of carbonyl (C=O) groups is 2. The predicted octanol–water partition coefficient (Wildman–Crippen LogP) is 3.75. The van der Waals surface area contributed by atoms with Crippen molar-refractivity contribution in [3.63, 3.8) is 0 Å². The number of carbonyl (C=O) groups excluding carboxylic acids is 1. The van der Waals surface area contributed by atoms with Gasteiger partial charge in [-0.3, -0.25) is 4.79 Å². The Hall–Kier alpha value is -2.82. The number of amides is 1. The second kappa shape index (κ2) is 8.15. The molecule has 2 rings (SSSR count). The number of hydrogen-bond donors (Lipinski definition) is 2. The van der Waals surface area contributed by atoms with Crippen molar-refractivity contribution in [3.8, 4) is 0 Å². The van der Waals surface area contributed by atoms with E-state index in [0.29, 0.717) is 0 Å². The average Bonchev–Trinajstić information content (AvgIpc) is 2.55. The maximum atomic E-state index is 12.1. The van der Waals surface area contributed by atoms with Crippen LogP contribution in [0.1, 0.15) is 34.7 Å². The molecule has 0 saturated carbocycles. The van der Waals surface area contributed by atoms with Gasteiger partial charge in [0.2, 0.25) is 0 Å². The normalized spacial score (nSPS) is 11.6. The Bertz CT molecular complexity index is 713. The van der Waals surface area contributed by atoms with Crippen molar-refractivity contribution in [2.24, 2.45) is 0 Å². The summed E-state index contributed by atoms with van der Waals surface area (Å²) in [6.07, 6.45) is -0.837. The molecule has 0 saturated heterocycles. The van der Waals surface area contributed by atoms with Gasteiger partial charge in [-0.15, -0.1) is 0 Å². The highest BCUT2D eigenvalue weighted by Gasteiger charge is 2.20. The van der Waals surface area contributed by atoms with Gasteiger partial charge in [-0.05, 0) is 30.5 Å². The molecule has 24 heavy (non-hydrogen) atoms. The highest BCUT2D eigenvalue weighted by atomic mass is 16.5. The number of hydrogen-bond acceptors (Lipinski definition) is 3. The van der Waals surface area contributed by atoms with Crippen molar-refractivity contribution in [3.05, 3.63) is 70.8 Å². The summed E-state index contributed by atoms with van der Waals surface area (Å²) >= 11 is 0. The third-order valence-corrected chi connectivity index (χ3v) is 3.69. The fraction of sp³-hybridized carbons (Fsp3) is 0.263. The minimum atomic E-state index is -0.982. The first kappa shape index (κ1) is 17.5. The van der Waals surface area contributed by atoms with E-state index in [4.69, 9.17) is 9.84 Å². The van der Waals surface area contributed by atoms with Gasteiger partial charge in [-0.1, -0.05) is 54.1 Å². The van der Waals surface area contributed by atoms with Gasteiger partial charge in [0.05, 0.1) is 12.5 Å². The van der Waals surface area contributed by atoms with Gasteiger partial charge in [0, 0.05) is 0 Å². The standard InChI is InChI=1S/C19H21NO4/c1-13-8-9-14(2)16(10-13)17(11-18(21)22)20-19(23)24-12-15-6-4-3-5-7-15/h3-10,17H,11-12H2,1-2H3,(H,20,23)(H,21,22)/t17-/m0/s1. The van der Waals surface area contributed by atoms with Gasteiger partial charge in [-0.25, -0.2) is 4.79 Å². The first-order chi connectivity index (χ1) is 11.5. The SMILES string of the molecule is Cc1ccc(C)c([C@H](CC(=O)O)NC(=O)OCc2ccccc2)c1. The summed E-state index contributed by atoms with van der Waals surface area (Å²) in [6.45, 7) is 3.95. The lowest BCUT2D eigenvalue weighted by Crippen LogP contribution is -2.31. The lowest BCUT2D eigenvalue weighted by Gasteiger charge is -2.20. The molecular weight excluding hydrogens is 306 g/mol. The Kier molecular flexibility index (Phi) is 5.95. The van der Waals surface area contributed by atoms with Gasteiger partial charge in [0.15, 0.2) is 0 Å². The molecule has 0 heterocycles. The monoisotopic (exact) mass is 327 g/mol. The number of benzene rings is 2. The van der Waals surface area contributed by atoms with Gasteiger partial charge in [0.25, 0.3) is 0 Å². The van der Waals surface area contributed by atoms with Crippen LogP contribution in [0.25, 0.3) is 0 Å². The van der Waals surface area contributed by atoms with Crippen molar-refractivity contribution in [2.75, 3.05) is 0 Å². The number of rotatable bonds is 6. The van der Waals surface area contributed by atoms with Crippen LogP contribution < -0.4 is 5.32 Å². The Balaban J connectivity index is 2.06. The van der Waals surface area contributed by atoms with E-state index in [1.54, 1.807) is 0 Å². The van der Waals surface area contributed by atoms with E-state index in [9.17, 15) is 9.59 Å². The van der Waals surface area contributed by atoms with Crippen LogP contribution in [-0.2, 0) is 16.1 Å². The van der Waals surface area contributed by atoms with E-state index in [2.05, 4.69) is 5.32 Å². The number of carboxylic acids is 1. The van der Waals surface area contributed by atoms with Crippen LogP contribution in [-0.4, -0.2) is 17.2 Å². The first-order valence-corrected chi connectivity index (χ1v) is 7.72. The second-order valence-electron chi connectivity index (χ2n) is 5.72. The molecule has 5 nitrogen and oxygen atoms in total. The molecule has 0 bridgehead atoms. The van der Waals surface area contributed by atoms with E-state index in [-0.39, 0.29) is 13.0 Å². The summed E-state index contributed by atoms with van der Waals surface area (Å²) < 4.78 is 5.19. The van der Waals surface area contributed by atoms with Crippen molar-refractivity contribution in [1.82, 2.24) is 5.32 Å². The molecule has 0 spiro atoms. The molecule has 2 aromatic rings. The molecular formula is C19H21NO4. The molecule has 0 aliphatic heterocycles. The molecule has 126 valence electrons. The van der Waals surface area contributed by atoms with Crippen molar-refractivity contribution in [2.45, 2.75) is 32.9 Å². The van der Waals surface area contributed by atoms with Crippen LogP contribution in [0, 0.1) is 13.8 Å². The molecule has 0 aliphatic carbocycles. The topological polar surface area (TPSA) is 75.6 Å². The highest BCUT2D eigenvalue weighted by Crippen LogP contribution is 2.22.